The molecule has 0 spiro atoms. The maximum atomic E-state index is 12.0. The Bertz CT molecular complexity index is 1680. The maximum absolute atomic E-state index is 12.0. The second-order valence-corrected chi connectivity index (χ2v) is 9.08. The van der Waals surface area contributed by atoms with Gasteiger partial charge in [-0.25, -0.2) is 0 Å². The Morgan fingerprint density at radius 2 is 1.82 bits per heavy atom. The fourth-order valence-corrected chi connectivity index (χ4v) is 4.65. The lowest BCUT2D eigenvalue weighted by Gasteiger charge is -2.11. The first-order valence-corrected chi connectivity index (χ1v) is 11.9. The number of nitrogens with two attached hydrogens (primary N) is 1. The van der Waals surface area contributed by atoms with E-state index in [0.717, 1.165) is 44.3 Å². The summed E-state index contributed by atoms with van der Waals surface area (Å²) in [6, 6.07) is 21.3. The lowest BCUT2D eigenvalue weighted by atomic mass is 10.0. The van der Waals surface area contributed by atoms with Gasteiger partial charge in [0.25, 0.3) is 5.62 Å². The van der Waals surface area contributed by atoms with Crippen LogP contribution < -0.4 is 10.8 Å². The zero-order chi connectivity index (χ0) is 24.0. The summed E-state index contributed by atoms with van der Waals surface area (Å²) in [5, 5.41) is 16.6. The van der Waals surface area contributed by atoms with Gasteiger partial charge in [-0.2, -0.15) is 5.26 Å². The molecule has 0 saturated heterocycles. The van der Waals surface area contributed by atoms with Gasteiger partial charge in [-0.05, 0) is 60.0 Å². The van der Waals surface area contributed by atoms with Crippen molar-refractivity contribution >= 4 is 45.1 Å². The van der Waals surface area contributed by atoms with E-state index in [2.05, 4.69) is 21.5 Å². The second-order valence-electron chi connectivity index (χ2n) is 7.91. The summed E-state index contributed by atoms with van der Waals surface area (Å²) in [6.45, 7) is 1.95. The summed E-state index contributed by atoms with van der Waals surface area (Å²) >= 11 is 4.14. The van der Waals surface area contributed by atoms with Gasteiger partial charge in [0, 0.05) is 21.9 Å². The van der Waals surface area contributed by atoms with Crippen LogP contribution in [0.2, 0.25) is 5.02 Å². The fourth-order valence-electron chi connectivity index (χ4n) is 4.16. The predicted molar refractivity (Wildman–Crippen MR) is 135 cm³/mol. The molecule has 0 radical (unpaired) electrons. The number of fused-ring (bicyclic) bond motifs is 3. The number of hydrogen-bond donors (Lipinski definition) is 1. The number of hydrogen-bond acceptors (Lipinski definition) is 5. The van der Waals surface area contributed by atoms with E-state index in [1.54, 1.807) is 22.9 Å². The Morgan fingerprint density at radius 3 is 2.53 bits per heavy atom. The first-order chi connectivity index (χ1) is 16.4. The third kappa shape index (κ3) is 3.75. The molecule has 1 atom stereocenters. The Labute approximate surface area is 203 Å². The smallest absolute Gasteiger partial charge is 0.266 e. The minimum atomic E-state index is -1.94. The number of benzene rings is 3. The van der Waals surface area contributed by atoms with Crippen LogP contribution in [0.5, 0.6) is 0 Å². The molecule has 0 fully saturated rings. The monoisotopic (exact) mass is 486 g/mol. The van der Waals surface area contributed by atoms with E-state index in [1.165, 1.54) is 0 Å². The van der Waals surface area contributed by atoms with Crippen LogP contribution in [-0.2, 0) is 18.6 Å². The van der Waals surface area contributed by atoms with Crippen molar-refractivity contribution in [2.24, 2.45) is 16.6 Å². The van der Waals surface area contributed by atoms with Crippen molar-refractivity contribution in [3.63, 3.8) is 0 Å². The van der Waals surface area contributed by atoms with Gasteiger partial charge in [0.1, 0.15) is 0 Å². The summed E-state index contributed by atoms with van der Waals surface area (Å²) in [7, 11) is 1.82. The number of halogens is 1. The van der Waals surface area contributed by atoms with Gasteiger partial charge >= 0.3 is 0 Å². The Hall–Kier alpha value is -3.61. The molecular weight excluding hydrogens is 468 g/mol. The van der Waals surface area contributed by atoms with E-state index < -0.39 is 11.5 Å². The molecule has 3 aromatic carbocycles. The van der Waals surface area contributed by atoms with Crippen molar-refractivity contribution in [3.8, 4) is 22.9 Å². The van der Waals surface area contributed by atoms with Crippen LogP contribution in [0.4, 0.5) is 0 Å². The summed E-state index contributed by atoms with van der Waals surface area (Å²) in [5.74, 6) is 0. The van der Waals surface area contributed by atoms with Crippen molar-refractivity contribution < 1.29 is 4.55 Å². The largest absolute Gasteiger partial charge is 0.572 e. The lowest BCUT2D eigenvalue weighted by Crippen LogP contribution is -2.27. The molecule has 2 N–H and O–H groups in total. The summed E-state index contributed by atoms with van der Waals surface area (Å²) in [6.07, 6.45) is 1.76. The van der Waals surface area contributed by atoms with Crippen molar-refractivity contribution in [1.82, 2.24) is 14.1 Å². The fraction of sp³-hybridized carbons (Fsp3) is 0.0800. The molecule has 5 aromatic rings. The van der Waals surface area contributed by atoms with Crippen LogP contribution in [-0.4, -0.2) is 18.7 Å². The average Bonchev–Trinajstić information content (AvgIpc) is 3.11. The van der Waals surface area contributed by atoms with Crippen LogP contribution in [0.3, 0.4) is 0 Å². The molecule has 168 valence electrons. The Balaban J connectivity index is 1.95. The van der Waals surface area contributed by atoms with Gasteiger partial charge in [-0.15, -0.1) is 5.14 Å². The van der Waals surface area contributed by atoms with E-state index in [4.69, 9.17) is 16.7 Å². The quantitative estimate of drug-likeness (QED) is 0.380. The number of pyridine rings is 1. The number of aromatic nitrogens is 3. The topological polar surface area (TPSA) is 108 Å². The summed E-state index contributed by atoms with van der Waals surface area (Å²) in [4.78, 5) is 4.65. The van der Waals surface area contributed by atoms with Crippen molar-refractivity contribution in [2.45, 2.75) is 6.92 Å². The van der Waals surface area contributed by atoms with Crippen LogP contribution in [0, 0.1) is 18.3 Å². The summed E-state index contributed by atoms with van der Waals surface area (Å²) < 4.78 is 19.9. The molecule has 0 aliphatic carbocycles. The standard InChI is InChI=1S/C25H19ClN6OS/c1-15-3-4-16(13-27)11-22(15)32-24-20-12-18(17-5-8-19(26)9-6-17)7-10-21(20)29-14-23(24)31(2)25(32)30-34(28)33/h3-12,14H,28H2,1-2H3/b30-25+. The van der Waals surface area contributed by atoms with Gasteiger partial charge in [0.05, 0.1) is 40.1 Å². The van der Waals surface area contributed by atoms with Gasteiger partial charge in [0.2, 0.25) is 0 Å². The third-order valence-electron chi connectivity index (χ3n) is 5.83. The highest BCUT2D eigenvalue weighted by Gasteiger charge is 2.19. The number of nitrogens with zero attached hydrogens (tertiary/aromatic N) is 5. The molecule has 0 bridgehead atoms. The normalized spacial score (nSPS) is 12.9. The minimum Gasteiger partial charge on any atom is -0.572 e. The van der Waals surface area contributed by atoms with Crippen molar-refractivity contribution in [1.29, 1.82) is 5.26 Å². The highest BCUT2D eigenvalue weighted by atomic mass is 35.5. The second kappa shape index (κ2) is 8.63. The molecule has 1 unspecified atom stereocenters. The lowest BCUT2D eigenvalue weighted by molar-refractivity contribution is 0.595. The molecular formula is C25H19ClN6OS. The molecule has 5 rings (SSSR count). The SMILES string of the molecule is Cc1ccc(C#N)cc1-n1/c(=N/[S+](N)[O-])n(C)c2cnc3ccc(-c4ccc(Cl)cc4)cc3c21. The number of imidazole rings is 1. The van der Waals surface area contributed by atoms with Gasteiger partial charge in [0.15, 0.2) is 11.5 Å². The minimum absolute atomic E-state index is 0.389. The average molecular weight is 487 g/mol. The highest BCUT2D eigenvalue weighted by Crippen LogP contribution is 2.31. The zero-order valence-corrected chi connectivity index (χ0v) is 19.9. The van der Waals surface area contributed by atoms with E-state index in [0.29, 0.717) is 16.2 Å². The Morgan fingerprint density at radius 1 is 1.09 bits per heavy atom. The zero-order valence-electron chi connectivity index (χ0n) is 18.4. The van der Waals surface area contributed by atoms with Gasteiger partial charge < -0.3 is 9.12 Å². The van der Waals surface area contributed by atoms with E-state index >= 15 is 0 Å². The van der Waals surface area contributed by atoms with E-state index in [1.807, 2.05) is 61.0 Å². The summed E-state index contributed by atoms with van der Waals surface area (Å²) in [5.41, 5.74) is 6.98. The van der Waals surface area contributed by atoms with Crippen LogP contribution in [0.25, 0.3) is 38.8 Å². The van der Waals surface area contributed by atoms with Crippen LogP contribution in [0.1, 0.15) is 11.1 Å². The van der Waals surface area contributed by atoms with Crippen LogP contribution >= 0.6 is 11.6 Å². The molecule has 0 aliphatic rings. The maximum Gasteiger partial charge on any atom is 0.266 e. The predicted octanol–water partition coefficient (Wildman–Crippen LogP) is 4.46. The van der Waals surface area contributed by atoms with E-state index in [9.17, 15) is 9.81 Å². The van der Waals surface area contributed by atoms with Crippen molar-refractivity contribution in [2.75, 3.05) is 0 Å². The van der Waals surface area contributed by atoms with E-state index in [-0.39, 0.29) is 0 Å². The molecule has 0 amide bonds. The number of rotatable bonds is 3. The third-order valence-corrected chi connectivity index (χ3v) is 6.43. The highest BCUT2D eigenvalue weighted by molar-refractivity contribution is 7.87. The molecule has 34 heavy (non-hydrogen) atoms. The number of nitriles is 1. The Kier molecular flexibility index (Phi) is 5.63. The molecule has 7 nitrogen and oxygen atoms in total. The molecule has 0 saturated carbocycles. The van der Waals surface area contributed by atoms with Gasteiger partial charge in [-0.1, -0.05) is 35.9 Å². The van der Waals surface area contributed by atoms with Gasteiger partial charge in [-0.3, -0.25) is 9.55 Å². The van der Waals surface area contributed by atoms with Crippen molar-refractivity contribution in [3.05, 3.63) is 88.6 Å². The number of aryl methyl sites for hydroxylation is 2. The van der Waals surface area contributed by atoms with Crippen LogP contribution in [0.15, 0.2) is 71.3 Å². The molecule has 2 heterocycles. The molecule has 0 aliphatic heterocycles. The molecule has 2 aromatic heterocycles. The molecule has 9 heteroatoms. The first-order valence-electron chi connectivity index (χ1n) is 10.4. The first kappa shape index (κ1) is 22.2.